The van der Waals surface area contributed by atoms with Gasteiger partial charge in [-0.15, -0.1) is 0 Å². The Labute approximate surface area is 117 Å². The van der Waals surface area contributed by atoms with E-state index in [-0.39, 0.29) is 24.0 Å². The maximum absolute atomic E-state index is 12.1. The van der Waals surface area contributed by atoms with Gasteiger partial charge in [-0.3, -0.25) is 4.79 Å². The first-order valence-corrected chi connectivity index (χ1v) is 7.36. The van der Waals surface area contributed by atoms with E-state index in [1.807, 2.05) is 20.8 Å². The highest BCUT2D eigenvalue weighted by Gasteiger charge is 2.35. The van der Waals surface area contributed by atoms with Crippen LogP contribution in [0.1, 0.15) is 59.8 Å². The summed E-state index contributed by atoms with van der Waals surface area (Å²) in [6, 6.07) is -0.161. The van der Waals surface area contributed by atoms with Crippen molar-refractivity contribution >= 4 is 5.91 Å². The number of rotatable bonds is 4. The number of hydrogen-bond acceptors (Lipinski definition) is 3. The lowest BCUT2D eigenvalue weighted by Crippen LogP contribution is -2.54. The predicted octanol–water partition coefficient (Wildman–Crippen LogP) is 1.81. The highest BCUT2D eigenvalue weighted by molar-refractivity contribution is 5.77. The molecule has 4 heteroatoms. The van der Waals surface area contributed by atoms with Gasteiger partial charge in [0, 0.05) is 12.5 Å². The lowest BCUT2D eigenvalue weighted by atomic mass is 9.77. The molecule has 0 bridgehead atoms. The predicted molar refractivity (Wildman–Crippen MR) is 77.6 cm³/mol. The normalized spacial score (nSPS) is 29.9. The lowest BCUT2D eigenvalue weighted by Gasteiger charge is -2.39. The number of hydrogen-bond donors (Lipinski definition) is 3. The third kappa shape index (κ3) is 4.77. The van der Waals surface area contributed by atoms with Crippen LogP contribution in [0.3, 0.4) is 0 Å². The van der Waals surface area contributed by atoms with Crippen LogP contribution in [0.25, 0.3) is 0 Å². The molecule has 0 aromatic carbocycles. The third-order valence-electron chi connectivity index (χ3n) is 4.46. The van der Waals surface area contributed by atoms with Gasteiger partial charge >= 0.3 is 0 Å². The van der Waals surface area contributed by atoms with E-state index in [1.54, 1.807) is 0 Å². The van der Waals surface area contributed by atoms with Gasteiger partial charge in [-0.1, -0.05) is 27.7 Å². The van der Waals surface area contributed by atoms with Crippen LogP contribution in [0.15, 0.2) is 0 Å². The molecule has 1 aliphatic carbocycles. The molecule has 1 fully saturated rings. The second-order valence-electron chi connectivity index (χ2n) is 7.35. The fourth-order valence-electron chi connectivity index (χ4n) is 2.49. The Hall–Kier alpha value is -0.610. The summed E-state index contributed by atoms with van der Waals surface area (Å²) >= 11 is 0. The molecular formula is C15H30N2O2. The fraction of sp³-hybridized carbons (Fsp3) is 0.933. The zero-order chi connectivity index (χ0) is 14.7. The number of amides is 1. The second kappa shape index (κ2) is 6.23. The quantitative estimate of drug-likeness (QED) is 0.729. The molecule has 0 aromatic heterocycles. The van der Waals surface area contributed by atoms with Crippen LogP contribution in [0, 0.1) is 11.3 Å². The van der Waals surface area contributed by atoms with Crippen LogP contribution in [0.2, 0.25) is 0 Å². The van der Waals surface area contributed by atoms with Crippen LogP contribution < -0.4 is 11.1 Å². The largest absolute Gasteiger partial charge is 0.394 e. The highest BCUT2D eigenvalue weighted by atomic mass is 16.3. The maximum atomic E-state index is 12.1. The molecular weight excluding hydrogens is 240 g/mol. The first kappa shape index (κ1) is 16.4. The van der Waals surface area contributed by atoms with E-state index < -0.39 is 5.54 Å². The van der Waals surface area contributed by atoms with E-state index in [9.17, 15) is 9.90 Å². The summed E-state index contributed by atoms with van der Waals surface area (Å²) in [5.74, 6) is 0.652. The Balaban J connectivity index is 2.54. The molecule has 0 spiro atoms. The number of nitrogens with one attached hydrogen (secondary N) is 1. The van der Waals surface area contributed by atoms with Crippen molar-refractivity contribution in [1.82, 2.24) is 5.32 Å². The van der Waals surface area contributed by atoms with E-state index >= 15 is 0 Å². The summed E-state index contributed by atoms with van der Waals surface area (Å²) in [5, 5.41) is 12.7. The Morgan fingerprint density at radius 2 is 1.95 bits per heavy atom. The molecule has 0 aromatic rings. The van der Waals surface area contributed by atoms with E-state index in [0.29, 0.717) is 12.3 Å². The third-order valence-corrected chi connectivity index (χ3v) is 4.46. The average Bonchev–Trinajstić information content (AvgIpc) is 2.31. The van der Waals surface area contributed by atoms with Crippen LogP contribution in [0.4, 0.5) is 0 Å². The van der Waals surface area contributed by atoms with Crippen molar-refractivity contribution in [3.63, 3.8) is 0 Å². The van der Waals surface area contributed by atoms with Crippen molar-refractivity contribution in [2.75, 3.05) is 6.61 Å². The molecule has 1 saturated carbocycles. The van der Waals surface area contributed by atoms with Crippen LogP contribution in [0.5, 0.6) is 0 Å². The van der Waals surface area contributed by atoms with Gasteiger partial charge in [0.15, 0.2) is 0 Å². The number of carbonyl (C=O) groups is 1. The SMILES string of the molecule is CC1CCC(CO)(NC(=O)CC(N)C(C)(C)C)CC1. The van der Waals surface area contributed by atoms with Gasteiger partial charge in [0.2, 0.25) is 5.91 Å². The van der Waals surface area contributed by atoms with Gasteiger partial charge in [-0.05, 0) is 37.0 Å². The Morgan fingerprint density at radius 1 is 1.42 bits per heavy atom. The van der Waals surface area contributed by atoms with Crippen LogP contribution >= 0.6 is 0 Å². The van der Waals surface area contributed by atoms with Crippen molar-refractivity contribution in [2.45, 2.75) is 71.4 Å². The topological polar surface area (TPSA) is 75.3 Å². The van der Waals surface area contributed by atoms with Gasteiger partial charge in [-0.25, -0.2) is 0 Å². The number of nitrogens with two attached hydrogens (primary N) is 1. The number of aliphatic hydroxyl groups excluding tert-OH is 1. The number of aliphatic hydroxyl groups is 1. The maximum Gasteiger partial charge on any atom is 0.222 e. The summed E-state index contributed by atoms with van der Waals surface area (Å²) in [5.41, 5.74) is 5.55. The minimum absolute atomic E-state index is 0.0240. The molecule has 1 unspecified atom stereocenters. The van der Waals surface area contributed by atoms with Crippen molar-refractivity contribution in [3.8, 4) is 0 Å². The Kier molecular flexibility index (Phi) is 5.39. The lowest BCUT2D eigenvalue weighted by molar-refractivity contribution is -0.125. The fourth-order valence-corrected chi connectivity index (χ4v) is 2.49. The summed E-state index contributed by atoms with van der Waals surface area (Å²) in [6.45, 7) is 8.36. The molecule has 1 rings (SSSR count). The monoisotopic (exact) mass is 270 g/mol. The molecule has 4 N–H and O–H groups in total. The van der Waals surface area contributed by atoms with Gasteiger partial charge in [0.25, 0.3) is 0 Å². The highest BCUT2D eigenvalue weighted by Crippen LogP contribution is 2.32. The Bertz CT molecular complexity index is 302. The molecule has 4 nitrogen and oxygen atoms in total. The summed E-state index contributed by atoms with van der Waals surface area (Å²) in [6.07, 6.45) is 4.17. The minimum Gasteiger partial charge on any atom is -0.394 e. The zero-order valence-electron chi connectivity index (χ0n) is 12.8. The number of carbonyl (C=O) groups excluding carboxylic acids is 1. The van der Waals surface area contributed by atoms with Crippen molar-refractivity contribution in [2.24, 2.45) is 17.1 Å². The molecule has 0 saturated heterocycles. The van der Waals surface area contributed by atoms with Crippen LogP contribution in [-0.4, -0.2) is 29.2 Å². The van der Waals surface area contributed by atoms with E-state index in [2.05, 4.69) is 12.2 Å². The van der Waals surface area contributed by atoms with Gasteiger partial charge in [0.05, 0.1) is 12.1 Å². The molecule has 0 radical (unpaired) electrons. The minimum atomic E-state index is -0.415. The summed E-state index contributed by atoms with van der Waals surface area (Å²) in [4.78, 5) is 12.1. The first-order valence-electron chi connectivity index (χ1n) is 7.36. The van der Waals surface area contributed by atoms with Crippen LogP contribution in [-0.2, 0) is 4.79 Å². The standard InChI is InChI=1S/C15H30N2O2/c1-11-5-7-15(10-18,8-6-11)17-13(19)9-12(16)14(2,3)4/h11-12,18H,5-10,16H2,1-4H3,(H,17,19). The van der Waals surface area contributed by atoms with Gasteiger partial charge < -0.3 is 16.2 Å². The first-order chi connectivity index (χ1) is 8.68. The molecule has 1 aliphatic rings. The zero-order valence-corrected chi connectivity index (χ0v) is 12.8. The van der Waals surface area contributed by atoms with Crippen molar-refractivity contribution < 1.29 is 9.90 Å². The Morgan fingerprint density at radius 3 is 2.37 bits per heavy atom. The van der Waals surface area contributed by atoms with Crippen molar-refractivity contribution in [1.29, 1.82) is 0 Å². The van der Waals surface area contributed by atoms with Crippen molar-refractivity contribution in [3.05, 3.63) is 0 Å². The molecule has 19 heavy (non-hydrogen) atoms. The van der Waals surface area contributed by atoms with E-state index in [1.165, 1.54) is 0 Å². The van der Waals surface area contributed by atoms with Gasteiger partial charge in [-0.2, -0.15) is 0 Å². The smallest absolute Gasteiger partial charge is 0.222 e. The molecule has 0 heterocycles. The van der Waals surface area contributed by atoms with Gasteiger partial charge in [0.1, 0.15) is 0 Å². The van der Waals surface area contributed by atoms with E-state index in [0.717, 1.165) is 25.7 Å². The molecule has 0 aliphatic heterocycles. The molecule has 112 valence electrons. The van der Waals surface area contributed by atoms with E-state index in [4.69, 9.17) is 5.73 Å². The average molecular weight is 270 g/mol. The summed E-state index contributed by atoms with van der Waals surface area (Å²) < 4.78 is 0. The molecule has 1 atom stereocenters. The molecule has 1 amide bonds. The summed E-state index contributed by atoms with van der Waals surface area (Å²) in [7, 11) is 0. The second-order valence-corrected chi connectivity index (χ2v) is 7.35.